The van der Waals surface area contributed by atoms with Crippen LogP contribution in [0.25, 0.3) is 11.1 Å². The second-order valence-corrected chi connectivity index (χ2v) is 6.53. The summed E-state index contributed by atoms with van der Waals surface area (Å²) in [5, 5.41) is 9.02. The first-order chi connectivity index (χ1) is 11.0. The minimum Gasteiger partial charge on any atom is -0.508 e. The lowest BCUT2D eigenvalue weighted by Crippen LogP contribution is -2.10. The maximum Gasteiger partial charge on any atom is 0.115 e. The van der Waals surface area contributed by atoms with Gasteiger partial charge in [0.15, 0.2) is 0 Å². The van der Waals surface area contributed by atoms with Crippen LogP contribution in [0.1, 0.15) is 26.3 Å². The third-order valence-corrected chi connectivity index (χ3v) is 3.61. The van der Waals surface area contributed by atoms with Gasteiger partial charge in [-0.1, -0.05) is 93.6 Å². The molecule has 0 saturated heterocycles. The van der Waals surface area contributed by atoms with E-state index in [-0.39, 0.29) is 18.9 Å². The molecule has 0 aliphatic rings. The summed E-state index contributed by atoms with van der Waals surface area (Å²) >= 11 is 0. The quantitative estimate of drug-likeness (QED) is 0.563. The van der Waals surface area contributed by atoms with E-state index in [1.54, 1.807) is 12.1 Å². The van der Waals surface area contributed by atoms with E-state index in [1.165, 1.54) is 16.7 Å². The van der Waals surface area contributed by atoms with E-state index in [4.69, 9.17) is 5.11 Å². The first-order valence-corrected chi connectivity index (χ1v) is 7.87. The fourth-order valence-corrected chi connectivity index (χ4v) is 2.22. The molecule has 0 aliphatic heterocycles. The van der Waals surface area contributed by atoms with Crippen molar-refractivity contribution in [3.05, 3.63) is 90.5 Å². The van der Waals surface area contributed by atoms with Crippen molar-refractivity contribution in [2.75, 3.05) is 0 Å². The van der Waals surface area contributed by atoms with Gasteiger partial charge in [0.1, 0.15) is 5.75 Å². The molecule has 1 N–H and O–H groups in total. The maximum atomic E-state index is 9.02. The molecule has 3 aromatic carbocycles. The molecule has 0 bridgehead atoms. The van der Waals surface area contributed by atoms with Crippen molar-refractivity contribution in [2.45, 2.75) is 26.2 Å². The number of hydrogen-bond donors (Lipinski definition) is 1. The highest BCUT2D eigenvalue weighted by Crippen LogP contribution is 2.23. The number of rotatable bonds is 1. The molecule has 0 fully saturated rings. The van der Waals surface area contributed by atoms with Gasteiger partial charge in [-0.25, -0.2) is 0 Å². The lowest BCUT2D eigenvalue weighted by atomic mass is 9.87. The van der Waals surface area contributed by atoms with E-state index in [1.807, 2.05) is 24.3 Å². The summed E-state index contributed by atoms with van der Waals surface area (Å²) in [6.07, 6.45) is 0. The van der Waals surface area contributed by atoms with E-state index in [0.29, 0.717) is 5.75 Å². The van der Waals surface area contributed by atoms with Crippen LogP contribution in [0.15, 0.2) is 84.9 Å². The fraction of sp³-hybridized carbons (Fsp3) is 0.182. The van der Waals surface area contributed by atoms with E-state index in [9.17, 15) is 0 Å². The Labute approximate surface area is 152 Å². The molecule has 0 atom stereocenters. The van der Waals surface area contributed by atoms with Gasteiger partial charge in [-0.3, -0.25) is 0 Å². The Morgan fingerprint density at radius 1 is 0.583 bits per heavy atom. The Balaban J connectivity index is 0.000000232. The Kier molecular flexibility index (Phi) is 7.60. The third-order valence-electron chi connectivity index (χ3n) is 3.61. The average molecular weight is 339 g/mol. The van der Waals surface area contributed by atoms with Crippen LogP contribution < -0.4 is 0 Å². The summed E-state index contributed by atoms with van der Waals surface area (Å²) < 4.78 is 0. The normalized spacial score (nSPS) is 10.1. The van der Waals surface area contributed by atoms with Crippen molar-refractivity contribution in [1.29, 1.82) is 0 Å². The lowest BCUT2D eigenvalue weighted by molar-refractivity contribution is 0.474. The Morgan fingerprint density at radius 2 is 0.958 bits per heavy atom. The fourth-order valence-electron chi connectivity index (χ4n) is 2.22. The summed E-state index contributed by atoms with van der Waals surface area (Å²) in [5.74, 6) is 0.331. The van der Waals surface area contributed by atoms with Crippen molar-refractivity contribution >= 4 is 13.5 Å². The topological polar surface area (TPSA) is 20.2 Å². The predicted molar refractivity (Wildman–Crippen MR) is 109 cm³/mol. The number of hydrogen-bond acceptors (Lipinski definition) is 1. The van der Waals surface area contributed by atoms with Crippen LogP contribution in [0.2, 0.25) is 0 Å². The summed E-state index contributed by atoms with van der Waals surface area (Å²) in [5.41, 5.74) is 3.97. The Hall–Kier alpha value is -2.19. The maximum absolute atomic E-state index is 9.02. The van der Waals surface area contributed by atoms with Gasteiger partial charge >= 0.3 is 0 Å². The third kappa shape index (κ3) is 6.13. The highest BCUT2D eigenvalue weighted by atomic mass is 32.1. The molecule has 0 spiro atoms. The monoisotopic (exact) mass is 338 g/mol. The van der Waals surface area contributed by atoms with Crippen LogP contribution in [0.5, 0.6) is 5.75 Å². The van der Waals surface area contributed by atoms with Gasteiger partial charge < -0.3 is 5.11 Å². The van der Waals surface area contributed by atoms with Gasteiger partial charge in [-0.15, -0.1) is 0 Å². The molecule has 1 nitrogen and oxygen atoms in total. The lowest BCUT2D eigenvalue weighted by Gasteiger charge is -2.18. The molecular weight excluding hydrogens is 312 g/mol. The van der Waals surface area contributed by atoms with Crippen LogP contribution in [0.3, 0.4) is 0 Å². The largest absolute Gasteiger partial charge is 0.508 e. The van der Waals surface area contributed by atoms with Gasteiger partial charge in [0, 0.05) is 0 Å². The number of aromatic hydroxyl groups is 1. The Morgan fingerprint density at radius 3 is 1.29 bits per heavy atom. The molecule has 0 amide bonds. The van der Waals surface area contributed by atoms with Crippen LogP contribution in [0, 0.1) is 0 Å². The zero-order valence-electron chi connectivity index (χ0n) is 14.5. The summed E-state index contributed by atoms with van der Waals surface area (Å²) in [6.45, 7) is 6.46. The standard InChI is InChI=1S/C12H10.C10H14O.H2S/c1-3-7-11(8-4-1)12-9-5-2-6-10-12;1-10(2,3)8-4-6-9(11)7-5-8;/h1-10H;4-7,11H,1-3H3;1H2. The van der Waals surface area contributed by atoms with Crippen LogP contribution >= 0.6 is 13.5 Å². The van der Waals surface area contributed by atoms with Crippen LogP contribution in [-0.2, 0) is 5.41 Å². The van der Waals surface area contributed by atoms with Gasteiger partial charge in [-0.2, -0.15) is 13.5 Å². The molecule has 0 radical (unpaired) electrons. The molecule has 3 rings (SSSR count). The average Bonchev–Trinajstić information content (AvgIpc) is 2.57. The predicted octanol–water partition coefficient (Wildman–Crippen LogP) is 6.16. The van der Waals surface area contributed by atoms with Crippen molar-refractivity contribution in [3.63, 3.8) is 0 Å². The second-order valence-electron chi connectivity index (χ2n) is 6.53. The zero-order valence-corrected chi connectivity index (χ0v) is 15.5. The molecular formula is C22H26OS. The molecule has 0 aliphatic carbocycles. The van der Waals surface area contributed by atoms with Crippen molar-refractivity contribution < 1.29 is 5.11 Å². The minimum atomic E-state index is 0. The summed E-state index contributed by atoms with van der Waals surface area (Å²) in [6, 6.07) is 28.1. The molecule has 2 heteroatoms. The van der Waals surface area contributed by atoms with Crippen molar-refractivity contribution in [2.24, 2.45) is 0 Å². The highest BCUT2D eigenvalue weighted by molar-refractivity contribution is 7.59. The summed E-state index contributed by atoms with van der Waals surface area (Å²) in [4.78, 5) is 0. The van der Waals surface area contributed by atoms with Gasteiger partial charge in [0.25, 0.3) is 0 Å². The van der Waals surface area contributed by atoms with Gasteiger partial charge in [0.05, 0.1) is 0 Å². The number of phenolic OH excluding ortho intramolecular Hbond substituents is 1. The second kappa shape index (κ2) is 9.19. The molecule has 24 heavy (non-hydrogen) atoms. The van der Waals surface area contributed by atoms with E-state index >= 15 is 0 Å². The SMILES string of the molecule is CC(C)(C)c1ccc(O)cc1.S.c1ccc(-c2ccccc2)cc1. The van der Waals surface area contributed by atoms with E-state index in [0.717, 1.165) is 0 Å². The molecule has 0 heterocycles. The molecule has 126 valence electrons. The smallest absolute Gasteiger partial charge is 0.115 e. The molecule has 0 aromatic heterocycles. The summed E-state index contributed by atoms with van der Waals surface area (Å²) in [7, 11) is 0. The van der Waals surface area contributed by atoms with Gasteiger partial charge in [0.2, 0.25) is 0 Å². The first kappa shape index (κ1) is 19.9. The highest BCUT2D eigenvalue weighted by Gasteiger charge is 2.12. The van der Waals surface area contributed by atoms with E-state index < -0.39 is 0 Å². The van der Waals surface area contributed by atoms with Crippen LogP contribution in [0.4, 0.5) is 0 Å². The first-order valence-electron chi connectivity index (χ1n) is 7.87. The number of benzene rings is 3. The minimum absolute atomic E-state index is 0. The van der Waals surface area contributed by atoms with Crippen molar-refractivity contribution in [3.8, 4) is 16.9 Å². The molecule has 3 aromatic rings. The zero-order chi connectivity index (χ0) is 16.7. The molecule has 0 unspecified atom stereocenters. The molecule has 0 saturated carbocycles. The number of phenols is 1. The van der Waals surface area contributed by atoms with Crippen LogP contribution in [-0.4, -0.2) is 5.11 Å². The Bertz CT molecular complexity index is 661. The van der Waals surface area contributed by atoms with Crippen molar-refractivity contribution in [1.82, 2.24) is 0 Å². The van der Waals surface area contributed by atoms with Gasteiger partial charge in [-0.05, 0) is 34.2 Å². The van der Waals surface area contributed by atoms with E-state index in [2.05, 4.69) is 69.3 Å².